The normalized spacial score (nSPS) is 13.1. The van der Waals surface area contributed by atoms with E-state index in [9.17, 15) is 4.79 Å². The highest BCUT2D eigenvalue weighted by atomic mass is 16.5. The quantitative estimate of drug-likeness (QED) is 0.0650. The fourth-order valence-electron chi connectivity index (χ4n) is 5.71. The molecule has 0 fully saturated rings. The molecule has 0 aliphatic rings. The van der Waals surface area contributed by atoms with Gasteiger partial charge in [0.05, 0.1) is 12.5 Å². The van der Waals surface area contributed by atoms with Crippen LogP contribution in [0.3, 0.4) is 0 Å². The molecule has 0 N–H and O–H groups in total. The summed E-state index contributed by atoms with van der Waals surface area (Å²) >= 11 is 0. The molecular weight excluding hydrogens is 464 g/mol. The Balaban J connectivity index is 4.10. The lowest BCUT2D eigenvalue weighted by Gasteiger charge is -2.19. The molecule has 228 valence electrons. The van der Waals surface area contributed by atoms with Gasteiger partial charge in [-0.05, 0) is 25.2 Å². The second-order valence-corrected chi connectivity index (χ2v) is 12.4. The number of rotatable bonds is 31. The van der Waals surface area contributed by atoms with Crippen molar-refractivity contribution in [2.45, 2.75) is 207 Å². The van der Waals surface area contributed by atoms with Crippen LogP contribution in [0.4, 0.5) is 0 Å². The third kappa shape index (κ3) is 25.7. The minimum absolute atomic E-state index is 0.109. The standard InChI is InChI=1S/C36H72O2/c1-5-9-12-14-16-18-19-20-21-22-23-25-27-29-32-35(31-28-26-24-17-15-13-10-6-2)36(37)38-33-34(8-4)30-11-7-3/h34-35H,5-33H2,1-4H3. The molecule has 0 heterocycles. The third-order valence-corrected chi connectivity index (χ3v) is 8.65. The van der Waals surface area contributed by atoms with Crippen LogP contribution < -0.4 is 0 Å². The number of esters is 1. The summed E-state index contributed by atoms with van der Waals surface area (Å²) < 4.78 is 5.91. The van der Waals surface area contributed by atoms with Gasteiger partial charge in [-0.15, -0.1) is 0 Å². The first-order chi connectivity index (χ1) is 18.7. The molecule has 0 aromatic carbocycles. The van der Waals surface area contributed by atoms with Crippen LogP contribution in [0.25, 0.3) is 0 Å². The summed E-state index contributed by atoms with van der Waals surface area (Å²) in [5.41, 5.74) is 0. The third-order valence-electron chi connectivity index (χ3n) is 8.65. The molecule has 2 unspecified atom stereocenters. The van der Waals surface area contributed by atoms with Gasteiger partial charge in [0.25, 0.3) is 0 Å². The highest BCUT2D eigenvalue weighted by Gasteiger charge is 2.20. The largest absolute Gasteiger partial charge is 0.465 e. The Morgan fingerprint density at radius 1 is 0.447 bits per heavy atom. The van der Waals surface area contributed by atoms with Crippen molar-refractivity contribution in [3.63, 3.8) is 0 Å². The smallest absolute Gasteiger partial charge is 0.308 e. The average Bonchev–Trinajstić information content (AvgIpc) is 2.93. The van der Waals surface area contributed by atoms with Crippen LogP contribution in [0, 0.1) is 11.8 Å². The van der Waals surface area contributed by atoms with Gasteiger partial charge < -0.3 is 4.74 Å². The van der Waals surface area contributed by atoms with Gasteiger partial charge >= 0.3 is 5.97 Å². The Labute approximate surface area is 241 Å². The van der Waals surface area contributed by atoms with Crippen molar-refractivity contribution in [3.05, 3.63) is 0 Å². The predicted octanol–water partition coefficient (Wildman–Crippen LogP) is 12.8. The number of carbonyl (C=O) groups is 1. The van der Waals surface area contributed by atoms with E-state index in [1.165, 1.54) is 161 Å². The van der Waals surface area contributed by atoms with Crippen molar-refractivity contribution < 1.29 is 9.53 Å². The first kappa shape index (κ1) is 37.5. The first-order valence-electron chi connectivity index (χ1n) is 17.9. The molecule has 0 radical (unpaired) electrons. The zero-order chi connectivity index (χ0) is 27.9. The van der Waals surface area contributed by atoms with Gasteiger partial charge in [0.15, 0.2) is 0 Å². The van der Waals surface area contributed by atoms with Crippen LogP contribution in [-0.2, 0) is 9.53 Å². The van der Waals surface area contributed by atoms with E-state index in [1.54, 1.807) is 0 Å². The monoisotopic (exact) mass is 537 g/mol. The summed E-state index contributed by atoms with van der Waals surface area (Å²) in [5, 5.41) is 0. The van der Waals surface area contributed by atoms with Crippen LogP contribution in [-0.4, -0.2) is 12.6 Å². The molecule has 2 atom stereocenters. The molecule has 2 heteroatoms. The van der Waals surface area contributed by atoms with E-state index < -0.39 is 0 Å². The predicted molar refractivity (Wildman–Crippen MR) is 170 cm³/mol. The van der Waals surface area contributed by atoms with Gasteiger partial charge in [0.1, 0.15) is 0 Å². The van der Waals surface area contributed by atoms with Crippen molar-refractivity contribution in [3.8, 4) is 0 Å². The van der Waals surface area contributed by atoms with Crippen molar-refractivity contribution in [1.82, 2.24) is 0 Å². The fourth-order valence-corrected chi connectivity index (χ4v) is 5.71. The molecule has 0 saturated carbocycles. The molecule has 0 rings (SSSR count). The maximum Gasteiger partial charge on any atom is 0.308 e. The Morgan fingerprint density at radius 2 is 0.789 bits per heavy atom. The average molecular weight is 537 g/mol. The zero-order valence-corrected chi connectivity index (χ0v) is 27.0. The number of unbranched alkanes of at least 4 members (excludes halogenated alkanes) is 21. The van der Waals surface area contributed by atoms with Crippen LogP contribution in [0.5, 0.6) is 0 Å². The Hall–Kier alpha value is -0.530. The molecular formula is C36H72O2. The first-order valence-corrected chi connectivity index (χ1v) is 17.9. The Morgan fingerprint density at radius 3 is 1.13 bits per heavy atom. The van der Waals surface area contributed by atoms with Crippen LogP contribution in [0.2, 0.25) is 0 Å². The molecule has 0 aliphatic carbocycles. The molecule has 0 aromatic rings. The van der Waals surface area contributed by atoms with Gasteiger partial charge in [0.2, 0.25) is 0 Å². The van der Waals surface area contributed by atoms with E-state index in [0.29, 0.717) is 12.5 Å². The molecule has 2 nitrogen and oxygen atoms in total. The van der Waals surface area contributed by atoms with E-state index in [2.05, 4.69) is 27.7 Å². The Kier molecular flexibility index (Phi) is 30.6. The number of ether oxygens (including phenoxy) is 1. The summed E-state index contributed by atoms with van der Waals surface area (Å²) in [4.78, 5) is 13.0. The van der Waals surface area contributed by atoms with Gasteiger partial charge in [-0.25, -0.2) is 0 Å². The molecule has 0 saturated heterocycles. The van der Waals surface area contributed by atoms with Crippen molar-refractivity contribution in [2.24, 2.45) is 11.8 Å². The van der Waals surface area contributed by atoms with Gasteiger partial charge in [-0.2, -0.15) is 0 Å². The second kappa shape index (κ2) is 31.0. The van der Waals surface area contributed by atoms with E-state index in [4.69, 9.17) is 4.74 Å². The number of carbonyl (C=O) groups excluding carboxylic acids is 1. The number of hydrogen-bond donors (Lipinski definition) is 0. The summed E-state index contributed by atoms with van der Waals surface area (Å²) in [7, 11) is 0. The molecule has 0 amide bonds. The summed E-state index contributed by atoms with van der Waals surface area (Å²) in [5.74, 6) is 0.789. The lowest BCUT2D eigenvalue weighted by atomic mass is 9.94. The lowest BCUT2D eigenvalue weighted by Crippen LogP contribution is -2.21. The van der Waals surface area contributed by atoms with Crippen LogP contribution in [0.1, 0.15) is 207 Å². The molecule has 0 spiro atoms. The maximum absolute atomic E-state index is 13.0. The second-order valence-electron chi connectivity index (χ2n) is 12.4. The van der Waals surface area contributed by atoms with E-state index in [-0.39, 0.29) is 11.9 Å². The van der Waals surface area contributed by atoms with E-state index in [1.807, 2.05) is 0 Å². The minimum Gasteiger partial charge on any atom is -0.465 e. The SMILES string of the molecule is CCCCCCCCCCCCCCCCC(CCCCCCCCCC)C(=O)OCC(CC)CCCC. The van der Waals surface area contributed by atoms with Gasteiger partial charge in [-0.3, -0.25) is 4.79 Å². The molecule has 38 heavy (non-hydrogen) atoms. The van der Waals surface area contributed by atoms with E-state index >= 15 is 0 Å². The van der Waals surface area contributed by atoms with Gasteiger partial charge in [-0.1, -0.05) is 188 Å². The zero-order valence-electron chi connectivity index (χ0n) is 27.0. The molecule has 0 aliphatic heterocycles. The van der Waals surface area contributed by atoms with Crippen LogP contribution >= 0.6 is 0 Å². The molecule has 0 aromatic heterocycles. The summed E-state index contributed by atoms with van der Waals surface area (Å²) in [6, 6.07) is 0. The van der Waals surface area contributed by atoms with Crippen LogP contribution in [0.15, 0.2) is 0 Å². The van der Waals surface area contributed by atoms with Crippen molar-refractivity contribution in [2.75, 3.05) is 6.61 Å². The van der Waals surface area contributed by atoms with Crippen molar-refractivity contribution in [1.29, 1.82) is 0 Å². The minimum atomic E-state index is 0.109. The fraction of sp³-hybridized carbons (Fsp3) is 0.972. The van der Waals surface area contributed by atoms with Crippen molar-refractivity contribution >= 4 is 5.97 Å². The molecule has 0 bridgehead atoms. The highest BCUT2D eigenvalue weighted by Crippen LogP contribution is 2.22. The number of hydrogen-bond acceptors (Lipinski definition) is 2. The Bertz CT molecular complexity index is 460. The van der Waals surface area contributed by atoms with Gasteiger partial charge in [0, 0.05) is 0 Å². The maximum atomic E-state index is 13.0. The topological polar surface area (TPSA) is 26.3 Å². The van der Waals surface area contributed by atoms with E-state index in [0.717, 1.165) is 19.3 Å². The summed E-state index contributed by atoms with van der Waals surface area (Å²) in [6.45, 7) is 9.70. The lowest BCUT2D eigenvalue weighted by molar-refractivity contribution is -0.150. The highest BCUT2D eigenvalue weighted by molar-refractivity contribution is 5.72. The summed E-state index contributed by atoms with van der Waals surface area (Å²) in [6.07, 6.45) is 36.9.